The Hall–Kier alpha value is -3.33. The van der Waals surface area contributed by atoms with Crippen LogP contribution in [0, 0.1) is 5.92 Å². The number of hydrogen-bond acceptors (Lipinski definition) is 6. The van der Waals surface area contributed by atoms with Gasteiger partial charge in [-0.25, -0.2) is 0 Å². The van der Waals surface area contributed by atoms with Crippen molar-refractivity contribution >= 4 is 29.3 Å². The van der Waals surface area contributed by atoms with Crippen molar-refractivity contribution in [3.8, 4) is 5.75 Å². The molecule has 0 saturated heterocycles. The van der Waals surface area contributed by atoms with Crippen LogP contribution in [-0.2, 0) is 11.8 Å². The van der Waals surface area contributed by atoms with Crippen molar-refractivity contribution in [3.63, 3.8) is 0 Å². The van der Waals surface area contributed by atoms with Crippen LogP contribution in [0.3, 0.4) is 0 Å². The van der Waals surface area contributed by atoms with E-state index in [1.54, 1.807) is 31.4 Å². The molecule has 0 aliphatic heterocycles. The summed E-state index contributed by atoms with van der Waals surface area (Å²) in [6.45, 7) is 4.02. The minimum Gasteiger partial charge on any atom is -0.495 e. The van der Waals surface area contributed by atoms with Crippen LogP contribution in [0.25, 0.3) is 0 Å². The Morgan fingerprint density at radius 2 is 1.75 bits per heavy atom. The highest BCUT2D eigenvalue weighted by Crippen LogP contribution is 2.26. The fraction of sp³-hybridized carbons (Fsp3) is 0.304. The van der Waals surface area contributed by atoms with Gasteiger partial charge in [0.2, 0.25) is 5.91 Å². The molecule has 0 unspecified atom stereocenters. The SMILES string of the molecule is COc1ccccc1NC(=O)CSc1nnc([C@H](NC(=O)c2ccccc2)C(C)C)n1C. The van der Waals surface area contributed by atoms with Crippen molar-refractivity contribution in [2.45, 2.75) is 25.0 Å². The summed E-state index contributed by atoms with van der Waals surface area (Å²) in [7, 11) is 3.39. The Bertz CT molecular complexity index is 1070. The number of amides is 2. The average Bonchev–Trinajstić information content (AvgIpc) is 3.16. The molecule has 168 valence electrons. The molecule has 2 aromatic carbocycles. The molecule has 3 aromatic rings. The third-order valence-electron chi connectivity index (χ3n) is 4.85. The summed E-state index contributed by atoms with van der Waals surface area (Å²) >= 11 is 1.28. The number of benzene rings is 2. The van der Waals surface area contributed by atoms with Gasteiger partial charge < -0.3 is 19.9 Å². The summed E-state index contributed by atoms with van der Waals surface area (Å²) in [6, 6.07) is 16.0. The lowest BCUT2D eigenvalue weighted by Gasteiger charge is -2.21. The molecule has 0 bridgehead atoms. The third-order valence-corrected chi connectivity index (χ3v) is 5.87. The molecule has 0 radical (unpaired) electrons. The molecule has 1 aromatic heterocycles. The van der Waals surface area contributed by atoms with Crippen molar-refractivity contribution in [3.05, 3.63) is 66.0 Å². The van der Waals surface area contributed by atoms with Crippen molar-refractivity contribution < 1.29 is 14.3 Å². The van der Waals surface area contributed by atoms with E-state index >= 15 is 0 Å². The zero-order valence-corrected chi connectivity index (χ0v) is 19.3. The van der Waals surface area contributed by atoms with Gasteiger partial charge in [-0.3, -0.25) is 9.59 Å². The van der Waals surface area contributed by atoms with Gasteiger partial charge in [-0.1, -0.05) is 55.9 Å². The highest BCUT2D eigenvalue weighted by molar-refractivity contribution is 7.99. The average molecular weight is 454 g/mol. The van der Waals surface area contributed by atoms with E-state index < -0.39 is 0 Å². The van der Waals surface area contributed by atoms with E-state index in [1.807, 2.05) is 55.8 Å². The van der Waals surface area contributed by atoms with Gasteiger partial charge in [0.05, 0.1) is 24.6 Å². The molecule has 3 rings (SSSR count). The summed E-state index contributed by atoms with van der Waals surface area (Å²) in [6.07, 6.45) is 0. The Morgan fingerprint density at radius 3 is 2.44 bits per heavy atom. The second-order valence-electron chi connectivity index (χ2n) is 7.50. The first-order chi connectivity index (χ1) is 15.4. The normalized spacial score (nSPS) is 11.8. The van der Waals surface area contributed by atoms with Crippen molar-refractivity contribution in [2.24, 2.45) is 13.0 Å². The monoisotopic (exact) mass is 453 g/mol. The number of anilines is 1. The number of para-hydroxylation sites is 2. The predicted molar refractivity (Wildman–Crippen MR) is 125 cm³/mol. The number of carbonyl (C=O) groups excluding carboxylic acids is 2. The molecular weight excluding hydrogens is 426 g/mol. The summed E-state index contributed by atoms with van der Waals surface area (Å²) in [4.78, 5) is 25.1. The number of nitrogens with zero attached hydrogens (tertiary/aromatic N) is 3. The Balaban J connectivity index is 1.66. The second kappa shape index (κ2) is 10.8. The molecule has 0 spiro atoms. The van der Waals surface area contributed by atoms with Crippen LogP contribution in [0.1, 0.15) is 36.1 Å². The lowest BCUT2D eigenvalue weighted by atomic mass is 10.0. The second-order valence-corrected chi connectivity index (χ2v) is 8.44. The first-order valence-electron chi connectivity index (χ1n) is 10.2. The minimum atomic E-state index is -0.322. The number of thioether (sulfide) groups is 1. The maximum Gasteiger partial charge on any atom is 0.251 e. The summed E-state index contributed by atoms with van der Waals surface area (Å²) in [5.41, 5.74) is 1.20. The summed E-state index contributed by atoms with van der Waals surface area (Å²) < 4.78 is 7.08. The topological polar surface area (TPSA) is 98.1 Å². The van der Waals surface area contributed by atoms with Gasteiger partial charge >= 0.3 is 0 Å². The highest BCUT2D eigenvalue weighted by Gasteiger charge is 2.25. The highest BCUT2D eigenvalue weighted by atomic mass is 32.2. The van der Waals surface area contributed by atoms with Gasteiger partial charge in [0.1, 0.15) is 5.75 Å². The number of ether oxygens (including phenoxy) is 1. The van der Waals surface area contributed by atoms with Crippen LogP contribution in [0.5, 0.6) is 5.75 Å². The third kappa shape index (κ3) is 5.67. The van der Waals surface area contributed by atoms with Gasteiger partial charge in [-0.2, -0.15) is 0 Å². The van der Waals surface area contributed by atoms with E-state index in [0.717, 1.165) is 0 Å². The van der Waals surface area contributed by atoms with Crippen molar-refractivity contribution in [1.29, 1.82) is 0 Å². The van der Waals surface area contributed by atoms with Gasteiger partial charge in [0, 0.05) is 12.6 Å². The molecule has 2 amide bonds. The molecule has 1 heterocycles. The number of nitrogens with one attached hydrogen (secondary N) is 2. The predicted octanol–water partition coefficient (Wildman–Crippen LogP) is 3.68. The van der Waals surface area contributed by atoms with Crippen LogP contribution in [0.2, 0.25) is 0 Å². The number of rotatable bonds is 9. The fourth-order valence-electron chi connectivity index (χ4n) is 3.13. The number of carbonyl (C=O) groups is 2. The molecule has 0 aliphatic carbocycles. The van der Waals surface area contributed by atoms with Crippen LogP contribution >= 0.6 is 11.8 Å². The fourth-order valence-corrected chi connectivity index (χ4v) is 3.85. The Labute approximate surface area is 191 Å². The van der Waals surface area contributed by atoms with Crippen LogP contribution in [0.4, 0.5) is 5.69 Å². The zero-order valence-electron chi connectivity index (χ0n) is 18.5. The maximum absolute atomic E-state index is 12.7. The molecule has 1 atom stereocenters. The van der Waals surface area contributed by atoms with Crippen molar-refractivity contribution in [2.75, 3.05) is 18.2 Å². The molecule has 0 saturated carbocycles. The van der Waals surface area contributed by atoms with E-state index in [0.29, 0.717) is 28.0 Å². The van der Waals surface area contributed by atoms with Gasteiger partial charge in [0.15, 0.2) is 11.0 Å². The largest absolute Gasteiger partial charge is 0.495 e. The van der Waals surface area contributed by atoms with E-state index in [9.17, 15) is 9.59 Å². The summed E-state index contributed by atoms with van der Waals surface area (Å²) in [5, 5.41) is 15.0. The van der Waals surface area contributed by atoms with Gasteiger partial charge in [-0.15, -0.1) is 10.2 Å². The molecular formula is C23H27N5O3S. The smallest absolute Gasteiger partial charge is 0.251 e. The van der Waals surface area contributed by atoms with E-state index in [2.05, 4.69) is 20.8 Å². The molecule has 9 heteroatoms. The van der Waals surface area contributed by atoms with E-state index in [1.165, 1.54) is 11.8 Å². The summed E-state index contributed by atoms with van der Waals surface area (Å²) in [5.74, 6) is 1.14. The number of methoxy groups -OCH3 is 1. The van der Waals surface area contributed by atoms with Crippen molar-refractivity contribution in [1.82, 2.24) is 20.1 Å². The minimum absolute atomic E-state index is 0.0947. The van der Waals surface area contributed by atoms with E-state index in [4.69, 9.17) is 4.74 Å². The van der Waals surface area contributed by atoms with Gasteiger partial charge in [0.25, 0.3) is 5.91 Å². The lowest BCUT2D eigenvalue weighted by molar-refractivity contribution is -0.113. The first-order valence-corrected chi connectivity index (χ1v) is 11.2. The first kappa shape index (κ1) is 23.3. The van der Waals surface area contributed by atoms with Gasteiger partial charge in [-0.05, 0) is 30.2 Å². The number of aromatic nitrogens is 3. The molecule has 32 heavy (non-hydrogen) atoms. The standard InChI is InChI=1S/C23H27N5O3S/c1-15(2)20(25-22(30)16-10-6-5-7-11-16)21-26-27-23(28(21)3)32-14-19(29)24-17-12-8-9-13-18(17)31-4/h5-13,15,20H,14H2,1-4H3,(H,24,29)(H,25,30)/t20-/m1/s1. The van der Waals surface area contributed by atoms with E-state index in [-0.39, 0.29) is 29.5 Å². The Kier molecular flexibility index (Phi) is 7.88. The molecule has 8 nitrogen and oxygen atoms in total. The zero-order chi connectivity index (χ0) is 23.1. The lowest BCUT2D eigenvalue weighted by Crippen LogP contribution is -2.33. The van der Waals surface area contributed by atoms with Crippen LogP contribution < -0.4 is 15.4 Å². The molecule has 2 N–H and O–H groups in total. The maximum atomic E-state index is 12.7. The quantitative estimate of drug-likeness (QED) is 0.480. The molecule has 0 aliphatic rings. The number of hydrogen-bond donors (Lipinski definition) is 2. The Morgan fingerprint density at radius 1 is 1.06 bits per heavy atom. The van der Waals surface area contributed by atoms with Crippen LogP contribution in [-0.4, -0.2) is 39.4 Å². The van der Waals surface area contributed by atoms with Crippen LogP contribution in [0.15, 0.2) is 59.8 Å². The molecule has 0 fully saturated rings.